The molecule has 6 nitrogen and oxygen atoms in total. The number of ether oxygens (including phenoxy) is 2. The first-order valence-electron chi connectivity index (χ1n) is 11.4. The van der Waals surface area contributed by atoms with Crippen LogP contribution in [0.4, 0.5) is 0 Å². The van der Waals surface area contributed by atoms with Crippen LogP contribution < -0.4 is 14.8 Å². The first-order chi connectivity index (χ1) is 15.9. The van der Waals surface area contributed by atoms with E-state index >= 15 is 0 Å². The zero-order chi connectivity index (χ0) is 23.8. The number of piperidine rings is 1. The third kappa shape index (κ3) is 6.67. The molecule has 33 heavy (non-hydrogen) atoms. The second-order valence-electron chi connectivity index (χ2n) is 8.42. The lowest BCUT2D eigenvalue weighted by atomic mass is 10.0. The van der Waals surface area contributed by atoms with E-state index in [1.807, 2.05) is 24.1 Å². The van der Waals surface area contributed by atoms with Crippen molar-refractivity contribution < 1.29 is 19.1 Å². The van der Waals surface area contributed by atoms with E-state index in [4.69, 9.17) is 9.47 Å². The Balaban J connectivity index is 1.61. The highest BCUT2D eigenvalue weighted by molar-refractivity contribution is 7.98. The summed E-state index contributed by atoms with van der Waals surface area (Å²) >= 11 is 1.66. The Morgan fingerprint density at radius 1 is 1.12 bits per heavy atom. The molecule has 1 heterocycles. The summed E-state index contributed by atoms with van der Waals surface area (Å²) in [6, 6.07) is 12.7. The molecule has 0 spiro atoms. The molecule has 0 bridgehead atoms. The number of nitrogens with one attached hydrogen (secondary N) is 1. The van der Waals surface area contributed by atoms with Gasteiger partial charge in [0.1, 0.15) is 23.6 Å². The number of hydrogen-bond donors (Lipinski definition) is 1. The highest BCUT2D eigenvalue weighted by atomic mass is 32.2. The normalized spacial score (nSPS) is 15.1. The van der Waals surface area contributed by atoms with Gasteiger partial charge >= 0.3 is 0 Å². The maximum atomic E-state index is 13.3. The Morgan fingerprint density at radius 2 is 1.85 bits per heavy atom. The van der Waals surface area contributed by atoms with E-state index in [2.05, 4.69) is 30.4 Å². The predicted octanol–water partition coefficient (Wildman–Crippen LogP) is 4.23. The molecular weight excluding hydrogens is 436 g/mol. The summed E-state index contributed by atoms with van der Waals surface area (Å²) in [6.45, 7) is 5.35. The van der Waals surface area contributed by atoms with Gasteiger partial charge in [-0.15, -0.1) is 0 Å². The number of aryl methyl sites for hydroxylation is 2. The van der Waals surface area contributed by atoms with Crippen molar-refractivity contribution in [3.63, 3.8) is 0 Å². The van der Waals surface area contributed by atoms with Crippen molar-refractivity contribution in [2.75, 3.05) is 32.2 Å². The number of nitrogens with zero attached hydrogens (tertiary/aromatic N) is 1. The molecule has 2 aromatic carbocycles. The number of thioether (sulfide) groups is 1. The summed E-state index contributed by atoms with van der Waals surface area (Å²) < 4.78 is 11.6. The molecule has 0 radical (unpaired) electrons. The first kappa shape index (κ1) is 25.0. The second-order valence-corrected chi connectivity index (χ2v) is 9.40. The third-order valence-corrected chi connectivity index (χ3v) is 6.60. The van der Waals surface area contributed by atoms with Crippen molar-refractivity contribution >= 4 is 23.6 Å². The van der Waals surface area contributed by atoms with Crippen LogP contribution >= 0.6 is 11.8 Å². The topological polar surface area (TPSA) is 67.9 Å². The Morgan fingerprint density at radius 3 is 2.55 bits per heavy atom. The van der Waals surface area contributed by atoms with E-state index in [9.17, 15) is 9.59 Å². The van der Waals surface area contributed by atoms with Gasteiger partial charge in [-0.1, -0.05) is 24.3 Å². The van der Waals surface area contributed by atoms with Gasteiger partial charge in [-0.05, 0) is 61.6 Å². The molecule has 0 aromatic heterocycles. The number of benzene rings is 2. The van der Waals surface area contributed by atoms with E-state index < -0.39 is 6.04 Å². The fraction of sp³-hybridized carbons (Fsp3) is 0.462. The summed E-state index contributed by atoms with van der Waals surface area (Å²) in [5.74, 6) is 1.88. The number of amides is 2. The van der Waals surface area contributed by atoms with Crippen LogP contribution in [0.25, 0.3) is 0 Å². The molecule has 1 aliphatic heterocycles. The van der Waals surface area contributed by atoms with E-state index in [1.54, 1.807) is 30.0 Å². The lowest BCUT2D eigenvalue weighted by Crippen LogP contribution is -2.52. The fourth-order valence-electron chi connectivity index (χ4n) is 3.99. The molecule has 1 saturated heterocycles. The van der Waals surface area contributed by atoms with Crippen molar-refractivity contribution in [3.05, 3.63) is 59.2 Å². The van der Waals surface area contributed by atoms with Crippen molar-refractivity contribution in [2.45, 2.75) is 45.3 Å². The molecule has 2 aromatic rings. The molecule has 1 atom stereocenters. The lowest BCUT2D eigenvalue weighted by Gasteiger charge is -2.34. The number of carbonyl (C=O) groups is 2. The highest BCUT2D eigenvalue weighted by Gasteiger charge is 2.30. The quantitative estimate of drug-likeness (QED) is 0.594. The highest BCUT2D eigenvalue weighted by Crippen LogP contribution is 2.24. The standard InChI is InChI=1S/C26H34N2O4S/c1-18-9-10-19(2)24(17-18)32-20-11-14-28(15-12-20)26(30)22(13-16-33-4)27-25(29)21-7-5-6-8-23(21)31-3/h5-10,17,20,22H,11-16H2,1-4H3,(H,27,29). The number of carbonyl (C=O) groups excluding carboxylic acids is 2. The van der Waals surface area contributed by atoms with Gasteiger partial charge in [0.25, 0.3) is 5.91 Å². The van der Waals surface area contributed by atoms with Crippen LogP contribution in [0.1, 0.15) is 40.7 Å². The average molecular weight is 471 g/mol. The van der Waals surface area contributed by atoms with Gasteiger partial charge < -0.3 is 19.7 Å². The van der Waals surface area contributed by atoms with E-state index in [0.29, 0.717) is 30.8 Å². The minimum Gasteiger partial charge on any atom is -0.496 e. The van der Waals surface area contributed by atoms with Crippen molar-refractivity contribution in [1.29, 1.82) is 0 Å². The number of likely N-dealkylation sites (tertiary alicyclic amines) is 1. The lowest BCUT2D eigenvalue weighted by molar-refractivity contribution is -0.135. The SMILES string of the molecule is COc1ccccc1C(=O)NC(CCSC)C(=O)N1CCC(Oc2cc(C)ccc2C)CC1. The molecular formula is C26H34N2O4S. The molecule has 0 aliphatic carbocycles. The minimum absolute atomic E-state index is 0.0301. The van der Waals surface area contributed by atoms with Gasteiger partial charge in [-0.3, -0.25) is 9.59 Å². The molecule has 0 saturated carbocycles. The van der Waals surface area contributed by atoms with Crippen molar-refractivity contribution in [1.82, 2.24) is 10.2 Å². The zero-order valence-electron chi connectivity index (χ0n) is 19.9. The smallest absolute Gasteiger partial charge is 0.255 e. The van der Waals surface area contributed by atoms with Crippen LogP contribution in [-0.2, 0) is 4.79 Å². The molecule has 7 heteroatoms. The average Bonchev–Trinajstić information content (AvgIpc) is 2.83. The number of methoxy groups -OCH3 is 1. The fourth-order valence-corrected chi connectivity index (χ4v) is 4.46. The van der Waals surface area contributed by atoms with Crippen LogP contribution in [0, 0.1) is 13.8 Å². The molecule has 1 aliphatic rings. The Bertz CT molecular complexity index is 957. The van der Waals surface area contributed by atoms with Crippen LogP contribution in [0.3, 0.4) is 0 Å². The largest absolute Gasteiger partial charge is 0.496 e. The van der Waals surface area contributed by atoms with Gasteiger partial charge in [0, 0.05) is 25.9 Å². The molecule has 3 rings (SSSR count). The van der Waals surface area contributed by atoms with Crippen LogP contribution in [0.5, 0.6) is 11.5 Å². The Kier molecular flexibility index (Phi) is 9.06. The molecule has 178 valence electrons. The molecule has 1 N–H and O–H groups in total. The Hall–Kier alpha value is -2.67. The van der Waals surface area contributed by atoms with Crippen LogP contribution in [0.15, 0.2) is 42.5 Å². The van der Waals surface area contributed by atoms with Gasteiger partial charge in [0.05, 0.1) is 12.7 Å². The number of rotatable bonds is 9. The monoisotopic (exact) mass is 470 g/mol. The number of hydrogen-bond acceptors (Lipinski definition) is 5. The summed E-state index contributed by atoms with van der Waals surface area (Å²) in [5, 5.41) is 2.95. The van der Waals surface area contributed by atoms with Gasteiger partial charge in [-0.25, -0.2) is 0 Å². The van der Waals surface area contributed by atoms with Gasteiger partial charge in [-0.2, -0.15) is 11.8 Å². The molecule has 1 unspecified atom stereocenters. The minimum atomic E-state index is -0.564. The summed E-state index contributed by atoms with van der Waals surface area (Å²) in [6.07, 6.45) is 4.21. The second kappa shape index (κ2) is 12.0. The number of para-hydroxylation sites is 1. The van der Waals surface area contributed by atoms with E-state index in [0.717, 1.165) is 29.9 Å². The maximum absolute atomic E-state index is 13.3. The van der Waals surface area contributed by atoms with E-state index in [1.165, 1.54) is 12.7 Å². The first-order valence-corrected chi connectivity index (χ1v) is 12.8. The maximum Gasteiger partial charge on any atom is 0.255 e. The zero-order valence-corrected chi connectivity index (χ0v) is 20.7. The Labute approximate surface area is 201 Å². The summed E-state index contributed by atoms with van der Waals surface area (Å²) in [7, 11) is 1.53. The van der Waals surface area contributed by atoms with Crippen LogP contribution in [0.2, 0.25) is 0 Å². The van der Waals surface area contributed by atoms with Gasteiger partial charge in [0.2, 0.25) is 5.91 Å². The van der Waals surface area contributed by atoms with Crippen molar-refractivity contribution in [2.24, 2.45) is 0 Å². The summed E-state index contributed by atoms with van der Waals surface area (Å²) in [4.78, 5) is 28.1. The van der Waals surface area contributed by atoms with Crippen molar-refractivity contribution in [3.8, 4) is 11.5 Å². The molecule has 1 fully saturated rings. The van der Waals surface area contributed by atoms with E-state index in [-0.39, 0.29) is 17.9 Å². The predicted molar refractivity (Wildman–Crippen MR) is 133 cm³/mol. The molecule has 2 amide bonds. The van der Waals surface area contributed by atoms with Gasteiger partial charge in [0.15, 0.2) is 0 Å². The summed E-state index contributed by atoms with van der Waals surface area (Å²) in [5.41, 5.74) is 2.73. The van der Waals surface area contributed by atoms with Crippen LogP contribution in [-0.4, -0.2) is 61.1 Å². The third-order valence-electron chi connectivity index (χ3n) is 5.96.